The lowest BCUT2D eigenvalue weighted by Gasteiger charge is -2.13. The Labute approximate surface area is 85.8 Å². The predicted molar refractivity (Wildman–Crippen MR) is 59.2 cm³/mol. The molecule has 0 atom stereocenters. The maximum Gasteiger partial charge on any atom is 0.134 e. The van der Waals surface area contributed by atoms with Gasteiger partial charge in [0.15, 0.2) is 0 Å². The number of nitrogens with zero attached hydrogens (tertiary/aromatic N) is 2. The zero-order valence-electron chi connectivity index (χ0n) is 9.46. The molecule has 0 unspecified atom stereocenters. The molecule has 0 aliphatic rings. The molecule has 0 bridgehead atoms. The van der Waals surface area contributed by atoms with Crippen molar-refractivity contribution in [2.75, 3.05) is 5.73 Å². The summed E-state index contributed by atoms with van der Waals surface area (Å²) in [6.07, 6.45) is 2.14. The van der Waals surface area contributed by atoms with Crippen molar-refractivity contribution in [3.8, 4) is 0 Å². The predicted octanol–water partition coefficient (Wildman–Crippen LogP) is 2.58. The topological polar surface area (TPSA) is 51.8 Å². The van der Waals surface area contributed by atoms with Gasteiger partial charge in [0.05, 0.1) is 0 Å². The zero-order valence-corrected chi connectivity index (χ0v) is 9.46. The summed E-state index contributed by atoms with van der Waals surface area (Å²) < 4.78 is 0. The Bertz CT molecular complexity index is 293. The second-order valence-corrected chi connectivity index (χ2v) is 3.69. The lowest BCUT2D eigenvalue weighted by Crippen LogP contribution is -2.08. The molecule has 0 saturated heterocycles. The average Bonchev–Trinajstić information content (AvgIpc) is 2.16. The summed E-state index contributed by atoms with van der Waals surface area (Å²) in [4.78, 5) is 8.83. The van der Waals surface area contributed by atoms with Gasteiger partial charge < -0.3 is 5.73 Å². The average molecular weight is 193 g/mol. The monoisotopic (exact) mass is 193 g/mol. The van der Waals surface area contributed by atoms with Crippen LogP contribution in [0, 0.1) is 13.8 Å². The maximum absolute atomic E-state index is 5.82. The van der Waals surface area contributed by atoms with Crippen LogP contribution in [0.25, 0.3) is 0 Å². The van der Waals surface area contributed by atoms with E-state index in [-0.39, 0.29) is 0 Å². The minimum absolute atomic E-state index is 0.441. The van der Waals surface area contributed by atoms with Crippen LogP contribution < -0.4 is 5.73 Å². The van der Waals surface area contributed by atoms with Crippen LogP contribution >= 0.6 is 0 Å². The van der Waals surface area contributed by atoms with Gasteiger partial charge in [-0.3, -0.25) is 0 Å². The SMILES string of the molecule is CCC(CC)c1nc(C)c(C)c(N)n1. The van der Waals surface area contributed by atoms with E-state index in [0.717, 1.165) is 29.9 Å². The number of nitrogen functional groups attached to an aromatic ring is 1. The van der Waals surface area contributed by atoms with Gasteiger partial charge in [0, 0.05) is 17.2 Å². The molecular weight excluding hydrogens is 174 g/mol. The van der Waals surface area contributed by atoms with E-state index in [4.69, 9.17) is 5.73 Å². The fourth-order valence-corrected chi connectivity index (χ4v) is 1.51. The Morgan fingerprint density at radius 2 is 1.71 bits per heavy atom. The van der Waals surface area contributed by atoms with E-state index in [1.807, 2.05) is 13.8 Å². The first-order chi connectivity index (χ1) is 6.60. The van der Waals surface area contributed by atoms with Crippen LogP contribution in [-0.4, -0.2) is 9.97 Å². The second-order valence-electron chi connectivity index (χ2n) is 3.69. The Morgan fingerprint density at radius 3 is 2.14 bits per heavy atom. The number of hydrogen-bond acceptors (Lipinski definition) is 3. The molecule has 3 nitrogen and oxygen atoms in total. The molecule has 0 amide bonds. The van der Waals surface area contributed by atoms with Crippen molar-refractivity contribution in [2.24, 2.45) is 0 Å². The van der Waals surface area contributed by atoms with Crippen LogP contribution in [0.5, 0.6) is 0 Å². The van der Waals surface area contributed by atoms with Gasteiger partial charge in [-0.2, -0.15) is 0 Å². The minimum atomic E-state index is 0.441. The van der Waals surface area contributed by atoms with Crippen LogP contribution in [0.15, 0.2) is 0 Å². The molecule has 3 heteroatoms. The van der Waals surface area contributed by atoms with Gasteiger partial charge in [0.25, 0.3) is 0 Å². The molecule has 1 aromatic heterocycles. The van der Waals surface area contributed by atoms with Crippen molar-refractivity contribution in [3.05, 3.63) is 17.1 Å². The van der Waals surface area contributed by atoms with Gasteiger partial charge >= 0.3 is 0 Å². The lowest BCUT2D eigenvalue weighted by molar-refractivity contribution is 0.599. The van der Waals surface area contributed by atoms with Gasteiger partial charge in [0.1, 0.15) is 11.6 Å². The van der Waals surface area contributed by atoms with E-state index in [9.17, 15) is 0 Å². The van der Waals surface area contributed by atoms with Gasteiger partial charge in [-0.05, 0) is 26.7 Å². The molecular formula is C11H19N3. The summed E-state index contributed by atoms with van der Waals surface area (Å²) in [7, 11) is 0. The summed E-state index contributed by atoms with van der Waals surface area (Å²) >= 11 is 0. The summed E-state index contributed by atoms with van der Waals surface area (Å²) in [6, 6.07) is 0. The Kier molecular flexibility index (Phi) is 3.44. The highest BCUT2D eigenvalue weighted by atomic mass is 15.0. The molecule has 1 rings (SSSR count). The fourth-order valence-electron chi connectivity index (χ4n) is 1.51. The molecule has 0 radical (unpaired) electrons. The van der Waals surface area contributed by atoms with Crippen molar-refractivity contribution in [1.82, 2.24) is 9.97 Å². The third kappa shape index (κ3) is 2.03. The highest BCUT2D eigenvalue weighted by Crippen LogP contribution is 2.22. The van der Waals surface area contributed by atoms with Crippen molar-refractivity contribution in [3.63, 3.8) is 0 Å². The molecule has 0 saturated carbocycles. The third-order valence-electron chi connectivity index (χ3n) is 2.79. The number of hydrogen-bond donors (Lipinski definition) is 1. The summed E-state index contributed by atoms with van der Waals surface area (Å²) in [5.74, 6) is 1.96. The molecule has 14 heavy (non-hydrogen) atoms. The summed E-state index contributed by atoms with van der Waals surface area (Å²) in [6.45, 7) is 8.26. The zero-order chi connectivity index (χ0) is 10.7. The fraction of sp³-hybridized carbons (Fsp3) is 0.636. The van der Waals surface area contributed by atoms with E-state index < -0.39 is 0 Å². The van der Waals surface area contributed by atoms with Gasteiger partial charge in [-0.15, -0.1) is 0 Å². The van der Waals surface area contributed by atoms with E-state index in [1.54, 1.807) is 0 Å². The van der Waals surface area contributed by atoms with Gasteiger partial charge in [-0.25, -0.2) is 9.97 Å². The normalized spacial score (nSPS) is 10.9. The minimum Gasteiger partial charge on any atom is -0.383 e. The number of anilines is 1. The number of aromatic nitrogens is 2. The molecule has 2 N–H and O–H groups in total. The summed E-state index contributed by atoms with van der Waals surface area (Å²) in [5.41, 5.74) is 7.82. The van der Waals surface area contributed by atoms with Gasteiger partial charge in [-0.1, -0.05) is 13.8 Å². The number of nitrogens with two attached hydrogens (primary N) is 1. The van der Waals surface area contributed by atoms with Crippen LogP contribution in [0.1, 0.15) is 49.7 Å². The first kappa shape index (κ1) is 11.0. The van der Waals surface area contributed by atoms with E-state index >= 15 is 0 Å². The smallest absolute Gasteiger partial charge is 0.134 e. The molecule has 1 aromatic rings. The molecule has 0 spiro atoms. The van der Waals surface area contributed by atoms with Crippen molar-refractivity contribution in [1.29, 1.82) is 0 Å². The van der Waals surface area contributed by atoms with Crippen molar-refractivity contribution in [2.45, 2.75) is 46.5 Å². The number of aryl methyl sites for hydroxylation is 1. The standard InChI is InChI=1S/C11H19N3/c1-5-9(6-2)11-13-8(4)7(3)10(12)14-11/h9H,5-6H2,1-4H3,(H2,12,13,14). The Hall–Kier alpha value is -1.12. The highest BCUT2D eigenvalue weighted by Gasteiger charge is 2.12. The first-order valence-corrected chi connectivity index (χ1v) is 5.20. The van der Waals surface area contributed by atoms with Crippen LogP contribution in [0.4, 0.5) is 5.82 Å². The Morgan fingerprint density at radius 1 is 1.14 bits per heavy atom. The van der Waals surface area contributed by atoms with Gasteiger partial charge in [0.2, 0.25) is 0 Å². The molecule has 0 aliphatic heterocycles. The van der Waals surface area contributed by atoms with E-state index in [1.165, 1.54) is 0 Å². The maximum atomic E-state index is 5.82. The highest BCUT2D eigenvalue weighted by molar-refractivity contribution is 5.40. The van der Waals surface area contributed by atoms with E-state index in [0.29, 0.717) is 11.7 Å². The van der Waals surface area contributed by atoms with Crippen LogP contribution in [0.3, 0.4) is 0 Å². The largest absolute Gasteiger partial charge is 0.383 e. The Balaban J connectivity index is 3.11. The molecule has 0 fully saturated rings. The third-order valence-corrected chi connectivity index (χ3v) is 2.79. The summed E-state index contributed by atoms with van der Waals surface area (Å²) in [5, 5.41) is 0. The lowest BCUT2D eigenvalue weighted by atomic mass is 10.0. The second kappa shape index (κ2) is 4.40. The van der Waals surface area contributed by atoms with Crippen LogP contribution in [-0.2, 0) is 0 Å². The van der Waals surface area contributed by atoms with Crippen molar-refractivity contribution < 1.29 is 0 Å². The molecule has 1 heterocycles. The van der Waals surface area contributed by atoms with Crippen molar-refractivity contribution >= 4 is 5.82 Å². The first-order valence-electron chi connectivity index (χ1n) is 5.20. The van der Waals surface area contributed by atoms with Crippen LogP contribution in [0.2, 0.25) is 0 Å². The quantitative estimate of drug-likeness (QED) is 0.802. The van der Waals surface area contributed by atoms with E-state index in [2.05, 4.69) is 23.8 Å². The molecule has 0 aromatic carbocycles. The molecule has 78 valence electrons. The molecule has 0 aliphatic carbocycles. The number of rotatable bonds is 3.